The third kappa shape index (κ3) is 3.30. The predicted molar refractivity (Wildman–Crippen MR) is 90.3 cm³/mol. The molecule has 2 amide bonds. The summed E-state index contributed by atoms with van der Waals surface area (Å²) in [6, 6.07) is 16.3. The minimum absolute atomic E-state index is 0.137. The van der Waals surface area contributed by atoms with Crippen LogP contribution in [0.2, 0.25) is 0 Å². The van der Waals surface area contributed by atoms with Crippen LogP contribution in [0, 0.1) is 13.8 Å². The van der Waals surface area contributed by atoms with E-state index in [9.17, 15) is 4.79 Å². The molecular weight excluding hydrogens is 272 g/mol. The number of urea groups is 1. The van der Waals surface area contributed by atoms with Gasteiger partial charge in [-0.15, -0.1) is 0 Å². The largest absolute Gasteiger partial charge is 0.337 e. The maximum atomic E-state index is 12.0. The standard InChI is InChI=1S/C19H22N2O/c1-14-3-7-16(8-4-14)19(11-12-19)13-20-18(22)21-17-9-5-15(2)6-10-17/h3-10H,11-13H2,1-2H3,(H2,20,21,22). The molecule has 0 atom stereocenters. The van der Waals surface area contributed by atoms with Gasteiger partial charge < -0.3 is 10.6 Å². The van der Waals surface area contributed by atoms with E-state index in [0.29, 0.717) is 6.54 Å². The highest BCUT2D eigenvalue weighted by Crippen LogP contribution is 2.47. The van der Waals surface area contributed by atoms with E-state index in [4.69, 9.17) is 0 Å². The van der Waals surface area contributed by atoms with E-state index in [2.05, 4.69) is 41.8 Å². The number of carbonyl (C=O) groups excluding carboxylic acids is 1. The van der Waals surface area contributed by atoms with Crippen LogP contribution in [0.25, 0.3) is 0 Å². The number of benzene rings is 2. The molecule has 0 aliphatic heterocycles. The molecule has 1 aliphatic rings. The zero-order valence-electron chi connectivity index (χ0n) is 13.1. The van der Waals surface area contributed by atoms with Crippen LogP contribution in [-0.4, -0.2) is 12.6 Å². The Labute approximate surface area is 131 Å². The molecule has 0 bridgehead atoms. The number of amides is 2. The van der Waals surface area contributed by atoms with Crippen molar-refractivity contribution in [1.29, 1.82) is 0 Å². The Kier molecular flexibility index (Phi) is 3.88. The van der Waals surface area contributed by atoms with Crippen LogP contribution >= 0.6 is 0 Å². The normalized spacial score (nSPS) is 15.2. The molecule has 3 rings (SSSR count). The van der Waals surface area contributed by atoms with Gasteiger partial charge in [-0.05, 0) is 44.4 Å². The Bertz CT molecular complexity index is 655. The second-order valence-corrected chi connectivity index (χ2v) is 6.32. The monoisotopic (exact) mass is 294 g/mol. The van der Waals surface area contributed by atoms with Gasteiger partial charge in [-0.1, -0.05) is 47.5 Å². The number of nitrogens with one attached hydrogen (secondary N) is 2. The molecule has 0 unspecified atom stereocenters. The lowest BCUT2D eigenvalue weighted by atomic mass is 9.95. The van der Waals surface area contributed by atoms with Crippen LogP contribution in [0.4, 0.5) is 10.5 Å². The molecule has 0 radical (unpaired) electrons. The van der Waals surface area contributed by atoms with Gasteiger partial charge >= 0.3 is 6.03 Å². The zero-order valence-corrected chi connectivity index (χ0v) is 13.1. The highest BCUT2D eigenvalue weighted by atomic mass is 16.2. The van der Waals surface area contributed by atoms with E-state index in [-0.39, 0.29) is 11.4 Å². The molecule has 22 heavy (non-hydrogen) atoms. The Balaban J connectivity index is 1.56. The third-order valence-electron chi connectivity index (χ3n) is 4.41. The van der Waals surface area contributed by atoms with Crippen LogP contribution in [0.5, 0.6) is 0 Å². The van der Waals surface area contributed by atoms with Crippen LogP contribution < -0.4 is 10.6 Å². The first-order valence-corrected chi connectivity index (χ1v) is 7.76. The molecule has 0 saturated heterocycles. The Morgan fingerprint density at radius 3 is 2.05 bits per heavy atom. The minimum atomic E-state index is -0.137. The summed E-state index contributed by atoms with van der Waals surface area (Å²) in [5, 5.41) is 5.89. The molecule has 3 heteroatoms. The van der Waals surface area contributed by atoms with Crippen molar-refractivity contribution in [3.05, 3.63) is 65.2 Å². The van der Waals surface area contributed by atoms with Crippen molar-refractivity contribution in [2.75, 3.05) is 11.9 Å². The number of rotatable bonds is 4. The van der Waals surface area contributed by atoms with E-state index in [0.717, 1.165) is 18.5 Å². The van der Waals surface area contributed by atoms with Gasteiger partial charge in [0.05, 0.1) is 0 Å². The van der Waals surface area contributed by atoms with E-state index < -0.39 is 0 Å². The second kappa shape index (κ2) is 5.84. The highest BCUT2D eigenvalue weighted by Gasteiger charge is 2.44. The number of aryl methyl sites for hydroxylation is 2. The van der Waals surface area contributed by atoms with Gasteiger partial charge in [0.15, 0.2) is 0 Å². The Morgan fingerprint density at radius 1 is 0.955 bits per heavy atom. The van der Waals surface area contributed by atoms with Crippen molar-refractivity contribution in [1.82, 2.24) is 5.32 Å². The van der Waals surface area contributed by atoms with E-state index in [1.165, 1.54) is 16.7 Å². The topological polar surface area (TPSA) is 41.1 Å². The summed E-state index contributed by atoms with van der Waals surface area (Å²) in [5.74, 6) is 0. The van der Waals surface area contributed by atoms with Crippen molar-refractivity contribution < 1.29 is 4.79 Å². The van der Waals surface area contributed by atoms with Crippen LogP contribution in [-0.2, 0) is 5.41 Å². The molecule has 114 valence electrons. The maximum Gasteiger partial charge on any atom is 0.319 e. The quantitative estimate of drug-likeness (QED) is 0.873. The molecule has 0 heterocycles. The summed E-state index contributed by atoms with van der Waals surface area (Å²) in [5.41, 5.74) is 4.74. The predicted octanol–water partition coefficient (Wildman–Crippen LogP) is 4.16. The first kappa shape index (κ1) is 14.6. The first-order chi connectivity index (χ1) is 10.6. The Morgan fingerprint density at radius 2 is 1.50 bits per heavy atom. The summed E-state index contributed by atoms with van der Waals surface area (Å²) in [6.07, 6.45) is 2.28. The third-order valence-corrected chi connectivity index (χ3v) is 4.41. The molecular formula is C19H22N2O. The first-order valence-electron chi connectivity index (χ1n) is 7.76. The van der Waals surface area contributed by atoms with Gasteiger partial charge in [0, 0.05) is 17.6 Å². The zero-order chi connectivity index (χ0) is 15.6. The number of anilines is 1. The van der Waals surface area contributed by atoms with Crippen LogP contribution in [0.15, 0.2) is 48.5 Å². The molecule has 3 nitrogen and oxygen atoms in total. The molecule has 0 aromatic heterocycles. The smallest absolute Gasteiger partial charge is 0.319 e. The van der Waals surface area contributed by atoms with Gasteiger partial charge in [-0.25, -0.2) is 4.79 Å². The number of hydrogen-bond donors (Lipinski definition) is 2. The fourth-order valence-electron chi connectivity index (χ4n) is 2.69. The van der Waals surface area contributed by atoms with E-state index in [1.807, 2.05) is 31.2 Å². The molecule has 2 aromatic rings. The van der Waals surface area contributed by atoms with Gasteiger partial charge in [-0.2, -0.15) is 0 Å². The highest BCUT2D eigenvalue weighted by molar-refractivity contribution is 5.89. The Hall–Kier alpha value is -2.29. The van der Waals surface area contributed by atoms with Gasteiger partial charge in [0.2, 0.25) is 0 Å². The fourth-order valence-corrected chi connectivity index (χ4v) is 2.69. The van der Waals surface area contributed by atoms with Crippen LogP contribution in [0.3, 0.4) is 0 Å². The molecule has 1 fully saturated rings. The van der Waals surface area contributed by atoms with Gasteiger partial charge in [0.25, 0.3) is 0 Å². The molecule has 1 saturated carbocycles. The summed E-state index contributed by atoms with van der Waals surface area (Å²) < 4.78 is 0. The number of hydrogen-bond acceptors (Lipinski definition) is 1. The van der Waals surface area contributed by atoms with E-state index >= 15 is 0 Å². The molecule has 0 spiro atoms. The van der Waals surface area contributed by atoms with Crippen LogP contribution in [0.1, 0.15) is 29.5 Å². The summed E-state index contributed by atoms with van der Waals surface area (Å²) in [6.45, 7) is 4.81. The number of carbonyl (C=O) groups is 1. The van der Waals surface area contributed by atoms with Crippen molar-refractivity contribution in [2.24, 2.45) is 0 Å². The van der Waals surface area contributed by atoms with Crippen molar-refractivity contribution in [3.63, 3.8) is 0 Å². The van der Waals surface area contributed by atoms with Crippen molar-refractivity contribution >= 4 is 11.7 Å². The molecule has 2 N–H and O–H groups in total. The molecule has 1 aliphatic carbocycles. The van der Waals surface area contributed by atoms with Crippen molar-refractivity contribution in [2.45, 2.75) is 32.1 Å². The minimum Gasteiger partial charge on any atom is -0.337 e. The second-order valence-electron chi connectivity index (χ2n) is 6.32. The maximum absolute atomic E-state index is 12.0. The van der Waals surface area contributed by atoms with Gasteiger partial charge in [-0.3, -0.25) is 0 Å². The summed E-state index contributed by atoms with van der Waals surface area (Å²) in [4.78, 5) is 12.0. The van der Waals surface area contributed by atoms with Crippen molar-refractivity contribution in [3.8, 4) is 0 Å². The average Bonchev–Trinajstić information content (AvgIpc) is 3.30. The average molecular weight is 294 g/mol. The lowest BCUT2D eigenvalue weighted by Crippen LogP contribution is -2.35. The summed E-state index contributed by atoms with van der Waals surface area (Å²) >= 11 is 0. The van der Waals surface area contributed by atoms with E-state index in [1.54, 1.807) is 0 Å². The SMILES string of the molecule is Cc1ccc(NC(=O)NCC2(c3ccc(C)cc3)CC2)cc1. The van der Waals surface area contributed by atoms with Gasteiger partial charge in [0.1, 0.15) is 0 Å². The lowest BCUT2D eigenvalue weighted by Gasteiger charge is -2.17. The summed E-state index contributed by atoms with van der Waals surface area (Å²) in [7, 11) is 0. The fraction of sp³-hybridized carbons (Fsp3) is 0.316. The molecule has 2 aromatic carbocycles. The lowest BCUT2D eigenvalue weighted by molar-refractivity contribution is 0.251.